The Kier molecular flexibility index (Phi) is 4.09. The van der Waals surface area contributed by atoms with Crippen LogP contribution in [-0.2, 0) is 17.6 Å². The average Bonchev–Trinajstić information content (AvgIpc) is 3.15. The van der Waals surface area contributed by atoms with E-state index in [2.05, 4.69) is 39.9 Å². The number of hydrogen-bond acceptors (Lipinski definition) is 4. The first-order valence-electron chi connectivity index (χ1n) is 9.18. The summed E-state index contributed by atoms with van der Waals surface area (Å²) in [6, 6.07) is 18.5. The smallest absolute Gasteiger partial charge is 0.234 e. The van der Waals surface area contributed by atoms with Crippen LogP contribution in [0.5, 0.6) is 0 Å². The molecule has 0 aromatic heterocycles. The fourth-order valence-electron chi connectivity index (χ4n) is 3.82. The minimum Gasteiger partial charge on any atom is -0.334 e. The summed E-state index contributed by atoms with van der Waals surface area (Å²) in [6.07, 6.45) is 3.47. The molecule has 0 atom stereocenters. The van der Waals surface area contributed by atoms with E-state index >= 15 is 0 Å². The molecule has 1 heterocycles. The summed E-state index contributed by atoms with van der Waals surface area (Å²) in [4.78, 5) is 17.1. The molecule has 3 aromatic carbocycles. The summed E-state index contributed by atoms with van der Waals surface area (Å²) < 4.78 is 0. The molecule has 0 bridgehead atoms. The van der Waals surface area contributed by atoms with Crippen molar-refractivity contribution in [2.45, 2.75) is 19.3 Å². The molecule has 5 rings (SSSR count). The Morgan fingerprint density at radius 1 is 1.07 bits per heavy atom. The van der Waals surface area contributed by atoms with Crippen LogP contribution in [0.2, 0.25) is 0 Å². The molecule has 0 radical (unpaired) electrons. The van der Waals surface area contributed by atoms with Crippen molar-refractivity contribution in [3.8, 4) is 0 Å². The number of aryl methyl sites for hydroxylation is 2. The van der Waals surface area contributed by atoms with Gasteiger partial charge in [0.1, 0.15) is 0 Å². The molecule has 0 unspecified atom stereocenters. The van der Waals surface area contributed by atoms with Gasteiger partial charge in [-0.25, -0.2) is 4.99 Å². The highest BCUT2D eigenvalue weighted by Crippen LogP contribution is 2.36. The van der Waals surface area contributed by atoms with Crippen LogP contribution in [0.25, 0.3) is 10.8 Å². The fraction of sp³-hybridized carbons (Fsp3) is 0.182. The van der Waals surface area contributed by atoms with Crippen LogP contribution in [0.15, 0.2) is 59.6 Å². The Bertz CT molecular complexity index is 1080. The van der Waals surface area contributed by atoms with Gasteiger partial charge >= 0.3 is 0 Å². The third kappa shape index (κ3) is 3.19. The van der Waals surface area contributed by atoms with E-state index in [9.17, 15) is 4.79 Å². The van der Waals surface area contributed by atoms with Gasteiger partial charge in [0.2, 0.25) is 5.91 Å². The van der Waals surface area contributed by atoms with E-state index in [1.54, 1.807) is 0 Å². The normalized spacial score (nSPS) is 14.4. The lowest BCUT2D eigenvalue weighted by Gasteiger charge is -2.18. The molecular formula is C22H19N3OS. The Morgan fingerprint density at radius 3 is 2.85 bits per heavy atom. The number of nitrogens with one attached hydrogen (secondary N) is 2. The zero-order chi connectivity index (χ0) is 18.2. The number of carbonyl (C=O) groups is 1. The van der Waals surface area contributed by atoms with Crippen LogP contribution in [0.4, 0.5) is 17.1 Å². The van der Waals surface area contributed by atoms with E-state index in [1.807, 2.05) is 30.3 Å². The minimum absolute atomic E-state index is 0.0143. The molecule has 1 amide bonds. The lowest BCUT2D eigenvalue weighted by molar-refractivity contribution is -0.113. The maximum atomic E-state index is 12.4. The van der Waals surface area contributed by atoms with Crippen LogP contribution in [0, 0.1) is 0 Å². The van der Waals surface area contributed by atoms with Gasteiger partial charge in [-0.2, -0.15) is 0 Å². The van der Waals surface area contributed by atoms with E-state index in [1.165, 1.54) is 34.7 Å². The third-order valence-corrected chi connectivity index (χ3v) is 5.94. The number of fused-ring (bicyclic) bond motifs is 1. The summed E-state index contributed by atoms with van der Waals surface area (Å²) >= 11 is 1.42. The maximum absolute atomic E-state index is 12.4. The van der Waals surface area contributed by atoms with Crippen molar-refractivity contribution in [1.29, 1.82) is 0 Å². The van der Waals surface area contributed by atoms with Gasteiger partial charge in [-0.05, 0) is 60.0 Å². The van der Waals surface area contributed by atoms with E-state index in [4.69, 9.17) is 0 Å². The van der Waals surface area contributed by atoms with E-state index < -0.39 is 0 Å². The van der Waals surface area contributed by atoms with Crippen molar-refractivity contribution in [1.82, 2.24) is 0 Å². The van der Waals surface area contributed by atoms with E-state index in [-0.39, 0.29) is 5.91 Å². The molecule has 1 aliphatic carbocycles. The Hall–Kier alpha value is -2.79. The summed E-state index contributed by atoms with van der Waals surface area (Å²) in [7, 11) is 0. The molecule has 3 aromatic rings. The molecule has 0 saturated heterocycles. The Balaban J connectivity index is 1.27. The molecule has 2 N–H and O–H groups in total. The van der Waals surface area contributed by atoms with E-state index in [0.717, 1.165) is 40.5 Å². The summed E-state index contributed by atoms with van der Waals surface area (Å²) in [6.45, 7) is 0. The second-order valence-corrected chi connectivity index (χ2v) is 7.86. The molecule has 134 valence electrons. The van der Waals surface area contributed by atoms with Gasteiger partial charge in [-0.15, -0.1) is 0 Å². The molecule has 0 spiro atoms. The summed E-state index contributed by atoms with van der Waals surface area (Å²) in [5.74, 6) is 0.306. The standard InChI is InChI=1S/C22H19N3OS/c26-20(23-17-11-10-14-4-1-7-16(14)12-17)13-27-22-24-18-8-2-5-15-6-3-9-19(25-22)21(15)18/h2-3,5-6,8-12H,1,4,7,13H2,(H,23,26)(H,24,25). The van der Waals surface area contributed by atoms with Gasteiger partial charge in [0.05, 0.1) is 17.1 Å². The number of amides is 1. The van der Waals surface area contributed by atoms with E-state index in [0.29, 0.717) is 5.75 Å². The summed E-state index contributed by atoms with van der Waals surface area (Å²) in [5, 5.41) is 9.41. The monoisotopic (exact) mass is 373 g/mol. The molecule has 0 saturated carbocycles. The first kappa shape index (κ1) is 16.4. The number of aliphatic imine (C=N–C) groups is 1. The van der Waals surface area contributed by atoms with Crippen LogP contribution in [0.1, 0.15) is 17.5 Å². The lowest BCUT2D eigenvalue weighted by Crippen LogP contribution is -2.18. The van der Waals surface area contributed by atoms with Crippen LogP contribution in [-0.4, -0.2) is 16.8 Å². The molecule has 1 aliphatic heterocycles. The Morgan fingerprint density at radius 2 is 1.93 bits per heavy atom. The zero-order valence-corrected chi connectivity index (χ0v) is 15.6. The predicted octanol–water partition coefficient (Wildman–Crippen LogP) is 5.11. The quantitative estimate of drug-likeness (QED) is 0.670. The van der Waals surface area contributed by atoms with Crippen LogP contribution < -0.4 is 10.6 Å². The average molecular weight is 373 g/mol. The second kappa shape index (κ2) is 6.74. The lowest BCUT2D eigenvalue weighted by atomic mass is 10.1. The molecule has 2 aliphatic rings. The van der Waals surface area contributed by atoms with Gasteiger partial charge in [0.25, 0.3) is 0 Å². The van der Waals surface area contributed by atoms with Gasteiger partial charge in [-0.3, -0.25) is 4.79 Å². The van der Waals surface area contributed by atoms with Crippen molar-refractivity contribution in [2.75, 3.05) is 16.4 Å². The van der Waals surface area contributed by atoms with Gasteiger partial charge in [0.15, 0.2) is 5.17 Å². The number of rotatable bonds is 3. The minimum atomic E-state index is -0.0143. The molecule has 27 heavy (non-hydrogen) atoms. The molecule has 0 fully saturated rings. The summed E-state index contributed by atoms with van der Waals surface area (Å²) in [5.41, 5.74) is 5.65. The van der Waals surface area contributed by atoms with Crippen molar-refractivity contribution in [3.63, 3.8) is 0 Å². The largest absolute Gasteiger partial charge is 0.334 e. The van der Waals surface area contributed by atoms with Crippen molar-refractivity contribution >= 4 is 50.7 Å². The predicted molar refractivity (Wildman–Crippen MR) is 114 cm³/mol. The number of amidine groups is 1. The van der Waals surface area contributed by atoms with Crippen LogP contribution >= 0.6 is 11.8 Å². The highest BCUT2D eigenvalue weighted by molar-refractivity contribution is 8.14. The first-order chi connectivity index (χ1) is 13.3. The van der Waals surface area contributed by atoms with Gasteiger partial charge in [-0.1, -0.05) is 42.1 Å². The highest BCUT2D eigenvalue weighted by Gasteiger charge is 2.16. The second-order valence-electron chi connectivity index (χ2n) is 6.90. The number of benzene rings is 3. The van der Waals surface area contributed by atoms with Gasteiger partial charge in [0, 0.05) is 11.1 Å². The van der Waals surface area contributed by atoms with Crippen molar-refractivity contribution < 1.29 is 4.79 Å². The highest BCUT2D eigenvalue weighted by atomic mass is 32.2. The molecule has 5 heteroatoms. The van der Waals surface area contributed by atoms with Crippen molar-refractivity contribution in [3.05, 3.63) is 65.7 Å². The molecule has 4 nitrogen and oxygen atoms in total. The first-order valence-corrected chi connectivity index (χ1v) is 10.2. The number of hydrogen-bond donors (Lipinski definition) is 2. The third-order valence-electron chi connectivity index (χ3n) is 5.07. The fourth-order valence-corrected chi connectivity index (χ4v) is 4.51. The SMILES string of the molecule is O=C(CSC1=Nc2cccc3cccc(c23)N1)Nc1ccc2c(c1)CCC2. The Labute approximate surface area is 162 Å². The molecular weight excluding hydrogens is 354 g/mol. The van der Waals surface area contributed by atoms with Crippen molar-refractivity contribution in [2.24, 2.45) is 4.99 Å². The number of anilines is 2. The number of carbonyl (C=O) groups excluding carboxylic acids is 1. The number of thioether (sulfide) groups is 1. The topological polar surface area (TPSA) is 53.5 Å². The maximum Gasteiger partial charge on any atom is 0.234 e. The van der Waals surface area contributed by atoms with Gasteiger partial charge < -0.3 is 10.6 Å². The zero-order valence-electron chi connectivity index (χ0n) is 14.8. The number of nitrogens with zero attached hydrogens (tertiary/aromatic N) is 1. The van der Waals surface area contributed by atoms with Crippen LogP contribution in [0.3, 0.4) is 0 Å².